The number of nitrogens with one attached hydrogen (secondary N) is 1. The number of halogens is 1. The zero-order valence-electron chi connectivity index (χ0n) is 15.1. The van der Waals surface area contributed by atoms with E-state index >= 15 is 0 Å². The molecule has 4 rings (SSSR count). The molecule has 0 radical (unpaired) electrons. The molecule has 144 valence electrons. The third-order valence-electron chi connectivity index (χ3n) is 4.21. The van der Waals surface area contributed by atoms with Gasteiger partial charge in [-0.05, 0) is 29.3 Å². The summed E-state index contributed by atoms with van der Waals surface area (Å²) in [7, 11) is 0. The number of hydrogen-bond acceptors (Lipinski definition) is 5. The molecule has 0 aliphatic rings. The minimum atomic E-state index is -0.590. The van der Waals surface area contributed by atoms with Crippen molar-refractivity contribution in [2.45, 2.75) is 6.61 Å². The fourth-order valence-corrected chi connectivity index (χ4v) is 3.78. The molecule has 0 aliphatic heterocycles. The van der Waals surface area contributed by atoms with Crippen molar-refractivity contribution in [3.8, 4) is 11.1 Å². The number of H-pyrrole nitrogens is 1. The van der Waals surface area contributed by atoms with Crippen molar-refractivity contribution in [1.82, 2.24) is 9.97 Å². The van der Waals surface area contributed by atoms with Gasteiger partial charge in [0.25, 0.3) is 5.56 Å². The minimum Gasteiger partial charge on any atom is -0.454 e. The van der Waals surface area contributed by atoms with Crippen LogP contribution in [0.5, 0.6) is 0 Å². The van der Waals surface area contributed by atoms with E-state index in [0.717, 1.165) is 11.1 Å². The van der Waals surface area contributed by atoms with Gasteiger partial charge < -0.3 is 9.72 Å². The molecule has 0 saturated carbocycles. The summed E-state index contributed by atoms with van der Waals surface area (Å²) < 4.78 is 18.0. The number of benzene rings is 2. The van der Waals surface area contributed by atoms with Gasteiger partial charge in [0.05, 0.1) is 5.39 Å². The molecule has 2 aromatic carbocycles. The lowest BCUT2D eigenvalue weighted by Gasteiger charge is -2.03. The zero-order chi connectivity index (χ0) is 20.2. The number of esters is 1. The average molecular weight is 406 g/mol. The van der Waals surface area contributed by atoms with E-state index in [1.807, 2.05) is 35.7 Å². The van der Waals surface area contributed by atoms with Crippen LogP contribution in [0, 0.1) is 5.82 Å². The SMILES string of the molecule is O=C(/C=C/c1ccc(F)cc1)OCc1nc2scc(-c3ccccc3)c2c(=O)[nH]1. The molecule has 0 fully saturated rings. The first-order valence-electron chi connectivity index (χ1n) is 8.76. The number of aromatic amines is 1. The summed E-state index contributed by atoms with van der Waals surface area (Å²) >= 11 is 1.36. The standard InChI is InChI=1S/C22H15FN2O3S/c23-16-9-6-14(7-10-16)8-11-19(26)28-12-18-24-21(27)20-17(13-29-22(20)25-18)15-4-2-1-3-5-15/h1-11,13H,12H2,(H,24,25,27)/b11-8+. The summed E-state index contributed by atoms with van der Waals surface area (Å²) in [6, 6.07) is 15.3. The molecule has 0 atom stereocenters. The second kappa shape index (κ2) is 8.20. The van der Waals surface area contributed by atoms with Crippen LogP contribution >= 0.6 is 11.3 Å². The number of nitrogens with zero attached hydrogens (tertiary/aromatic N) is 1. The predicted octanol–water partition coefficient (Wildman–Crippen LogP) is 4.55. The molecule has 7 heteroatoms. The first-order valence-corrected chi connectivity index (χ1v) is 9.64. The molecule has 0 saturated heterocycles. The molecule has 5 nitrogen and oxygen atoms in total. The first kappa shape index (κ1) is 18.8. The predicted molar refractivity (Wildman–Crippen MR) is 111 cm³/mol. The van der Waals surface area contributed by atoms with Gasteiger partial charge in [-0.1, -0.05) is 42.5 Å². The summed E-state index contributed by atoms with van der Waals surface area (Å²) in [5.74, 6) is -0.667. The maximum atomic E-state index is 12.9. The van der Waals surface area contributed by atoms with Crippen LogP contribution in [0.2, 0.25) is 0 Å². The van der Waals surface area contributed by atoms with Crippen molar-refractivity contribution in [2.24, 2.45) is 0 Å². The fourth-order valence-electron chi connectivity index (χ4n) is 2.82. The van der Waals surface area contributed by atoms with Crippen molar-refractivity contribution in [2.75, 3.05) is 0 Å². The van der Waals surface area contributed by atoms with Crippen molar-refractivity contribution in [3.05, 3.63) is 93.6 Å². The van der Waals surface area contributed by atoms with Crippen LogP contribution in [0.15, 0.2) is 70.8 Å². The maximum absolute atomic E-state index is 12.9. The van der Waals surface area contributed by atoms with Crippen LogP contribution in [0.25, 0.3) is 27.4 Å². The van der Waals surface area contributed by atoms with E-state index in [0.29, 0.717) is 15.8 Å². The van der Waals surface area contributed by atoms with Gasteiger partial charge in [-0.25, -0.2) is 14.2 Å². The molecule has 0 spiro atoms. The highest BCUT2D eigenvalue weighted by Crippen LogP contribution is 2.30. The Labute approximate surface area is 169 Å². The Morgan fingerprint density at radius 3 is 2.66 bits per heavy atom. The van der Waals surface area contributed by atoms with E-state index in [-0.39, 0.29) is 23.8 Å². The fraction of sp³-hybridized carbons (Fsp3) is 0.0455. The molecular formula is C22H15FN2O3S. The van der Waals surface area contributed by atoms with Crippen LogP contribution in [0.4, 0.5) is 4.39 Å². The normalized spacial score (nSPS) is 11.2. The Kier molecular flexibility index (Phi) is 5.31. The van der Waals surface area contributed by atoms with E-state index in [9.17, 15) is 14.0 Å². The van der Waals surface area contributed by atoms with Crippen LogP contribution in [-0.4, -0.2) is 15.9 Å². The number of rotatable bonds is 5. The Morgan fingerprint density at radius 2 is 1.90 bits per heavy atom. The van der Waals surface area contributed by atoms with Crippen molar-refractivity contribution >= 4 is 33.6 Å². The van der Waals surface area contributed by atoms with Crippen molar-refractivity contribution in [3.63, 3.8) is 0 Å². The highest BCUT2D eigenvalue weighted by Gasteiger charge is 2.13. The number of hydrogen-bond donors (Lipinski definition) is 1. The van der Waals surface area contributed by atoms with Gasteiger partial charge in [0.15, 0.2) is 0 Å². The largest absolute Gasteiger partial charge is 0.454 e. The van der Waals surface area contributed by atoms with Gasteiger partial charge in [-0.3, -0.25) is 4.79 Å². The number of carbonyl (C=O) groups is 1. The number of aromatic nitrogens is 2. The summed E-state index contributed by atoms with van der Waals surface area (Å²) in [5.41, 5.74) is 2.16. The molecule has 0 bridgehead atoms. The number of carbonyl (C=O) groups excluding carboxylic acids is 1. The highest BCUT2D eigenvalue weighted by atomic mass is 32.1. The number of thiophene rings is 1. The minimum absolute atomic E-state index is 0.156. The van der Waals surface area contributed by atoms with Gasteiger partial charge >= 0.3 is 5.97 Å². The summed E-state index contributed by atoms with van der Waals surface area (Å²) in [5, 5.41) is 2.41. The van der Waals surface area contributed by atoms with E-state index in [2.05, 4.69) is 9.97 Å². The van der Waals surface area contributed by atoms with Crippen molar-refractivity contribution in [1.29, 1.82) is 0 Å². The lowest BCUT2D eigenvalue weighted by molar-refractivity contribution is -0.139. The summed E-state index contributed by atoms with van der Waals surface area (Å²) in [4.78, 5) is 32.1. The Hall–Kier alpha value is -3.58. The van der Waals surface area contributed by atoms with Gasteiger partial charge in [-0.15, -0.1) is 11.3 Å². The van der Waals surface area contributed by atoms with Crippen LogP contribution in [-0.2, 0) is 16.1 Å². The monoisotopic (exact) mass is 406 g/mol. The maximum Gasteiger partial charge on any atom is 0.331 e. The van der Waals surface area contributed by atoms with Gasteiger partial charge in [-0.2, -0.15) is 0 Å². The van der Waals surface area contributed by atoms with E-state index < -0.39 is 5.97 Å². The molecule has 29 heavy (non-hydrogen) atoms. The quantitative estimate of drug-likeness (QED) is 0.390. The van der Waals surface area contributed by atoms with Crippen LogP contribution < -0.4 is 5.56 Å². The lowest BCUT2D eigenvalue weighted by atomic mass is 10.1. The number of fused-ring (bicyclic) bond motifs is 1. The van der Waals surface area contributed by atoms with Gasteiger partial charge in [0.1, 0.15) is 23.1 Å². The Bertz CT molecular complexity index is 1240. The molecule has 0 aliphatic carbocycles. The topological polar surface area (TPSA) is 72.0 Å². The Balaban J connectivity index is 1.48. The van der Waals surface area contributed by atoms with Gasteiger partial charge in [0, 0.05) is 17.0 Å². The molecule has 0 amide bonds. The third kappa shape index (κ3) is 4.30. The molecule has 1 N–H and O–H groups in total. The van der Waals surface area contributed by atoms with Gasteiger partial charge in [0.2, 0.25) is 0 Å². The molecule has 4 aromatic rings. The van der Waals surface area contributed by atoms with Crippen LogP contribution in [0.1, 0.15) is 11.4 Å². The smallest absolute Gasteiger partial charge is 0.331 e. The van der Waals surface area contributed by atoms with E-state index in [4.69, 9.17) is 4.74 Å². The van der Waals surface area contributed by atoms with Crippen molar-refractivity contribution < 1.29 is 13.9 Å². The summed E-state index contributed by atoms with van der Waals surface area (Å²) in [6.07, 6.45) is 2.76. The molecule has 2 heterocycles. The Morgan fingerprint density at radius 1 is 1.14 bits per heavy atom. The van der Waals surface area contributed by atoms with E-state index in [1.54, 1.807) is 12.1 Å². The lowest BCUT2D eigenvalue weighted by Crippen LogP contribution is -2.13. The second-order valence-electron chi connectivity index (χ2n) is 6.20. The third-order valence-corrected chi connectivity index (χ3v) is 5.08. The number of ether oxygens (including phenoxy) is 1. The zero-order valence-corrected chi connectivity index (χ0v) is 15.9. The molecule has 2 aromatic heterocycles. The average Bonchev–Trinajstić information content (AvgIpc) is 3.17. The van der Waals surface area contributed by atoms with Crippen LogP contribution in [0.3, 0.4) is 0 Å². The molecular weight excluding hydrogens is 391 g/mol. The first-order chi connectivity index (χ1) is 14.1. The highest BCUT2D eigenvalue weighted by molar-refractivity contribution is 7.17. The second-order valence-corrected chi connectivity index (χ2v) is 7.06. The summed E-state index contributed by atoms with van der Waals surface area (Å²) in [6.45, 7) is -0.156. The van der Waals surface area contributed by atoms with E-state index in [1.165, 1.54) is 35.6 Å². The molecule has 0 unspecified atom stereocenters.